The van der Waals surface area contributed by atoms with Crippen LogP contribution in [0.1, 0.15) is 44.5 Å². The fourth-order valence-electron chi connectivity index (χ4n) is 2.28. The van der Waals surface area contributed by atoms with Crippen molar-refractivity contribution in [2.45, 2.75) is 44.9 Å². The average Bonchev–Trinajstić information content (AvgIpc) is 2.64. The second kappa shape index (κ2) is 6.44. The van der Waals surface area contributed by atoms with Crippen LogP contribution in [0.5, 0.6) is 0 Å². The third kappa shape index (κ3) is 4.03. The van der Waals surface area contributed by atoms with Crippen LogP contribution in [0.3, 0.4) is 0 Å². The number of rotatable bonds is 3. The molecule has 118 valence electrons. The zero-order chi connectivity index (χ0) is 15.6. The summed E-state index contributed by atoms with van der Waals surface area (Å²) in [6.45, 7) is 10.3. The molecule has 2 heterocycles. The van der Waals surface area contributed by atoms with Gasteiger partial charge in [-0.15, -0.1) is 0 Å². The lowest BCUT2D eigenvalue weighted by molar-refractivity contribution is 0.0945. The molecule has 0 bridgehead atoms. The largest absolute Gasteiger partial charge is 0.382 e. The first-order valence-corrected chi connectivity index (χ1v) is 9.01. The number of nitrogens with one attached hydrogen (secondary N) is 1. The van der Waals surface area contributed by atoms with E-state index in [1.807, 2.05) is 25.6 Å². The predicted molar refractivity (Wildman–Crippen MR) is 92.5 cm³/mol. The van der Waals surface area contributed by atoms with Crippen LogP contribution in [-0.4, -0.2) is 39.9 Å². The van der Waals surface area contributed by atoms with Crippen LogP contribution in [0.15, 0.2) is 0 Å². The second-order valence-corrected chi connectivity index (χ2v) is 8.78. The molecule has 0 saturated carbocycles. The number of carbonyl (C=O) groups excluding carboxylic acids is 1. The molecule has 1 fully saturated rings. The molecule has 1 aromatic rings. The Morgan fingerprint density at radius 3 is 2.81 bits per heavy atom. The van der Waals surface area contributed by atoms with Crippen molar-refractivity contribution in [1.29, 1.82) is 0 Å². The van der Waals surface area contributed by atoms with Gasteiger partial charge in [0.05, 0.1) is 0 Å². The van der Waals surface area contributed by atoms with E-state index >= 15 is 0 Å². The molecule has 5 nitrogen and oxygen atoms in total. The van der Waals surface area contributed by atoms with Crippen molar-refractivity contribution in [2.24, 2.45) is 0 Å². The summed E-state index contributed by atoms with van der Waals surface area (Å²) in [5.74, 6) is 1.27. The van der Waals surface area contributed by atoms with Crippen molar-refractivity contribution in [1.82, 2.24) is 9.69 Å². The van der Waals surface area contributed by atoms with E-state index in [0.717, 1.165) is 30.3 Å². The number of hydrogen-bond acceptors (Lipinski definition) is 6. The van der Waals surface area contributed by atoms with E-state index < -0.39 is 0 Å². The van der Waals surface area contributed by atoms with Gasteiger partial charge in [-0.25, -0.2) is 0 Å². The molecular formula is C14H24N4OS2. The van der Waals surface area contributed by atoms with E-state index in [2.05, 4.69) is 28.4 Å². The number of nitrogen functional groups attached to an aromatic ring is 1. The van der Waals surface area contributed by atoms with Crippen LogP contribution in [0.2, 0.25) is 0 Å². The highest BCUT2D eigenvalue weighted by molar-refractivity contribution is 8.00. The van der Waals surface area contributed by atoms with Crippen LogP contribution in [0.4, 0.5) is 10.8 Å². The Bertz CT molecular complexity index is 513. The molecule has 1 aromatic heterocycles. The van der Waals surface area contributed by atoms with E-state index in [9.17, 15) is 4.79 Å². The number of nitrogens with zero attached hydrogens (tertiary/aromatic N) is 2. The molecule has 0 atom stereocenters. The van der Waals surface area contributed by atoms with Crippen molar-refractivity contribution in [2.75, 3.05) is 29.5 Å². The van der Waals surface area contributed by atoms with E-state index in [1.54, 1.807) is 0 Å². The minimum Gasteiger partial charge on any atom is -0.382 e. The third-order valence-electron chi connectivity index (χ3n) is 3.47. The van der Waals surface area contributed by atoms with Crippen molar-refractivity contribution < 1.29 is 4.79 Å². The molecule has 1 aliphatic heterocycles. The predicted octanol–water partition coefficient (Wildman–Crippen LogP) is 2.59. The molecule has 21 heavy (non-hydrogen) atoms. The van der Waals surface area contributed by atoms with E-state index in [1.165, 1.54) is 11.5 Å². The van der Waals surface area contributed by atoms with E-state index in [4.69, 9.17) is 5.73 Å². The van der Waals surface area contributed by atoms with Crippen LogP contribution in [0.25, 0.3) is 0 Å². The molecule has 0 aliphatic carbocycles. The van der Waals surface area contributed by atoms with E-state index in [-0.39, 0.29) is 16.7 Å². The Kier molecular flexibility index (Phi) is 5.03. The molecule has 7 heteroatoms. The molecule has 0 aromatic carbocycles. The Morgan fingerprint density at radius 1 is 1.43 bits per heavy atom. The molecule has 0 unspecified atom stereocenters. The van der Waals surface area contributed by atoms with Crippen LogP contribution in [-0.2, 0) is 0 Å². The Labute approximate surface area is 134 Å². The number of amides is 1. The number of hydrogen-bond donors (Lipinski definition) is 2. The Hall–Kier alpha value is -0.950. The second-order valence-electron chi connectivity index (χ2n) is 6.22. The van der Waals surface area contributed by atoms with Crippen LogP contribution in [0, 0.1) is 0 Å². The summed E-state index contributed by atoms with van der Waals surface area (Å²) in [5, 5.41) is 3.82. The summed E-state index contributed by atoms with van der Waals surface area (Å²) < 4.78 is 4.48. The number of nitrogens with two attached hydrogens (primary N) is 1. The summed E-state index contributed by atoms with van der Waals surface area (Å²) in [5.41, 5.74) is 6.46. The number of carbonyl (C=O) groups is 1. The molecule has 1 aliphatic rings. The number of thioether (sulfide) groups is 1. The van der Waals surface area contributed by atoms with Gasteiger partial charge in [-0.05, 0) is 31.8 Å². The molecular weight excluding hydrogens is 304 g/mol. The van der Waals surface area contributed by atoms with Crippen molar-refractivity contribution >= 4 is 40.0 Å². The average molecular weight is 329 g/mol. The standard InChI is InChI=1S/C14H24N4OS2/c1-9(2)16-12(19)10-11(15)17-21-13(10)18-6-5-14(3,4)20-8-7-18/h9H,5-8H2,1-4H3,(H2,15,17)(H,16,19). The minimum atomic E-state index is -0.123. The lowest BCUT2D eigenvalue weighted by Gasteiger charge is -2.23. The number of anilines is 2. The molecule has 3 N–H and O–H groups in total. The zero-order valence-electron chi connectivity index (χ0n) is 13.1. The van der Waals surface area contributed by atoms with Crippen LogP contribution < -0.4 is 16.0 Å². The topological polar surface area (TPSA) is 71.2 Å². The highest BCUT2D eigenvalue weighted by atomic mass is 32.2. The van der Waals surface area contributed by atoms with Gasteiger partial charge >= 0.3 is 0 Å². The Balaban J connectivity index is 2.22. The van der Waals surface area contributed by atoms with Gasteiger partial charge in [0, 0.05) is 29.6 Å². The van der Waals surface area contributed by atoms with Gasteiger partial charge in [-0.1, -0.05) is 13.8 Å². The lowest BCUT2D eigenvalue weighted by atomic mass is 10.1. The molecule has 2 rings (SSSR count). The monoisotopic (exact) mass is 328 g/mol. The fraction of sp³-hybridized carbons (Fsp3) is 0.714. The van der Waals surface area contributed by atoms with Gasteiger partial charge in [-0.2, -0.15) is 16.1 Å². The van der Waals surface area contributed by atoms with Crippen LogP contribution >= 0.6 is 23.3 Å². The first-order chi connectivity index (χ1) is 9.80. The molecule has 1 saturated heterocycles. The van der Waals surface area contributed by atoms with Gasteiger partial charge in [0.25, 0.3) is 5.91 Å². The quantitative estimate of drug-likeness (QED) is 0.892. The SMILES string of the molecule is CC(C)NC(=O)c1c(N)nsc1N1CCSC(C)(C)CC1. The maximum atomic E-state index is 12.4. The number of aromatic nitrogens is 1. The molecule has 0 radical (unpaired) electrons. The first kappa shape index (κ1) is 16.4. The highest BCUT2D eigenvalue weighted by Crippen LogP contribution is 2.36. The van der Waals surface area contributed by atoms with Gasteiger partial charge in [0.1, 0.15) is 10.6 Å². The summed E-state index contributed by atoms with van der Waals surface area (Å²) >= 11 is 3.31. The van der Waals surface area contributed by atoms with Gasteiger partial charge in [0.15, 0.2) is 5.82 Å². The fourth-order valence-corrected chi connectivity index (χ4v) is 4.24. The van der Waals surface area contributed by atoms with Gasteiger partial charge in [0.2, 0.25) is 0 Å². The summed E-state index contributed by atoms with van der Waals surface area (Å²) in [6, 6.07) is 0.0864. The van der Waals surface area contributed by atoms with Crippen molar-refractivity contribution in [3.05, 3.63) is 5.56 Å². The van der Waals surface area contributed by atoms with E-state index in [0.29, 0.717) is 11.4 Å². The van der Waals surface area contributed by atoms with Crippen molar-refractivity contribution in [3.8, 4) is 0 Å². The molecule has 1 amide bonds. The lowest BCUT2D eigenvalue weighted by Crippen LogP contribution is -2.33. The van der Waals surface area contributed by atoms with Gasteiger partial charge < -0.3 is 16.0 Å². The first-order valence-electron chi connectivity index (χ1n) is 7.25. The maximum Gasteiger partial charge on any atom is 0.258 e. The summed E-state index contributed by atoms with van der Waals surface area (Å²) in [7, 11) is 0. The highest BCUT2D eigenvalue weighted by Gasteiger charge is 2.28. The van der Waals surface area contributed by atoms with Gasteiger partial charge in [-0.3, -0.25) is 4.79 Å². The zero-order valence-corrected chi connectivity index (χ0v) is 14.7. The maximum absolute atomic E-state index is 12.4. The van der Waals surface area contributed by atoms with Crippen molar-refractivity contribution in [3.63, 3.8) is 0 Å². The third-order valence-corrected chi connectivity index (χ3v) is 5.77. The summed E-state index contributed by atoms with van der Waals surface area (Å²) in [4.78, 5) is 14.6. The molecule has 0 spiro atoms. The summed E-state index contributed by atoms with van der Waals surface area (Å²) in [6.07, 6.45) is 1.08. The Morgan fingerprint density at radius 2 is 2.14 bits per heavy atom. The smallest absolute Gasteiger partial charge is 0.258 e. The minimum absolute atomic E-state index is 0.0864. The normalized spacial score (nSPS) is 18.6.